The van der Waals surface area contributed by atoms with Crippen LogP contribution in [-0.4, -0.2) is 66.9 Å². The van der Waals surface area contributed by atoms with Crippen LogP contribution in [0.4, 0.5) is 51.7 Å². The highest BCUT2D eigenvalue weighted by atomic mass is 32.2. The van der Waals surface area contributed by atoms with Crippen LogP contribution in [0.3, 0.4) is 0 Å². The van der Waals surface area contributed by atoms with Gasteiger partial charge in [0.05, 0.1) is 35.9 Å². The van der Waals surface area contributed by atoms with Gasteiger partial charge in [-0.05, 0) is 319 Å². The zero-order valence-electron chi connectivity index (χ0n) is 80.7. The number of anilines is 5. The van der Waals surface area contributed by atoms with Gasteiger partial charge in [0, 0.05) is 118 Å². The summed E-state index contributed by atoms with van der Waals surface area (Å²) < 4.78 is 76.8. The Labute approximate surface area is 864 Å². The summed E-state index contributed by atoms with van der Waals surface area (Å²) in [6.45, 7) is 18.8. The minimum atomic E-state index is -3.75. The van der Waals surface area contributed by atoms with E-state index < -0.39 is 33.3 Å². The number of para-hydroxylation sites is 1. The molecule has 29 heteroatoms. The van der Waals surface area contributed by atoms with Crippen molar-refractivity contribution in [3.8, 4) is 52.2 Å². The number of hydrogen-bond donors (Lipinski definition) is 6. The Morgan fingerprint density at radius 2 is 0.589 bits per heavy atom. The van der Waals surface area contributed by atoms with Crippen molar-refractivity contribution in [3.63, 3.8) is 0 Å². The predicted octanol–water partition coefficient (Wildman–Crippen LogP) is 29.9. The number of amides is 5. The quantitative estimate of drug-likeness (QED) is 0.0134. The van der Waals surface area contributed by atoms with Crippen LogP contribution in [-0.2, 0) is 10.0 Å². The molecule has 5 fully saturated rings. The number of thiophene rings is 5. The Morgan fingerprint density at radius 1 is 0.308 bits per heavy atom. The molecule has 5 aliphatic carbocycles. The Bertz CT molecular complexity index is 7720. The van der Waals surface area contributed by atoms with Gasteiger partial charge in [0.25, 0.3) is 29.5 Å². The minimum Gasteiger partial charge on any atom is -0.321 e. The van der Waals surface area contributed by atoms with Gasteiger partial charge >= 0.3 is 0 Å². The number of primary sulfonamides is 1. The van der Waals surface area contributed by atoms with Gasteiger partial charge in [0.1, 0.15) is 11.6 Å². The second kappa shape index (κ2) is 46.7. The number of rotatable bonds is 31. The van der Waals surface area contributed by atoms with Crippen molar-refractivity contribution in [2.45, 2.75) is 143 Å². The average Bonchev–Trinajstić information content (AvgIpc) is 1.64. The summed E-state index contributed by atoms with van der Waals surface area (Å²) in [6, 6.07) is 73.4. The highest BCUT2D eigenvalue weighted by Crippen LogP contribution is 2.43. The van der Waals surface area contributed by atoms with E-state index in [1.54, 1.807) is 91.0 Å². The first-order chi connectivity index (χ1) is 70.0. The number of carbonyl (C=O) groups is 10. The number of Topliss-reactive ketones (excluding diaryl/α,β-unsaturated/α-hetero) is 5. The van der Waals surface area contributed by atoms with Gasteiger partial charge in [-0.15, -0.1) is 56.7 Å². The molecule has 20 rings (SSSR count). The van der Waals surface area contributed by atoms with Gasteiger partial charge in [0.15, 0.2) is 46.2 Å². The molecule has 0 unspecified atom stereocenters. The summed E-state index contributed by atoms with van der Waals surface area (Å²) in [5, 5.41) is 19.7. The smallest absolute Gasteiger partial charge is 0.265 e. The summed E-state index contributed by atoms with van der Waals surface area (Å²) in [7, 11) is -3.75. The third-order valence-electron chi connectivity index (χ3n) is 25.5. The first-order valence-electron chi connectivity index (χ1n) is 47.9. The van der Waals surface area contributed by atoms with Crippen molar-refractivity contribution in [1.82, 2.24) is 0 Å². The van der Waals surface area contributed by atoms with E-state index in [9.17, 15) is 73.9 Å². The standard InChI is InChI=1S/C24H20N2O2S.C24H23NO2S.2C23H19F2NO2S.C23H22N2O4S2/c1-15-7-10-17(21(27)13-16-8-9-16)14-20(15)26-24(28)23-12-11-22(29-23)18-5-3-4-6-19(18)25-2;1-15-3-8-18(9-4-15)22-11-12-23(28-22)24(27)25-20-14-19(10-5-16(20)2)21(26)13-17-6-7-17;1-13-2-5-15(20(27)10-14-3-4-14)12-19(13)26-23(28)22-9-8-21(29-22)16-6-7-17(24)18(25)11-16;1-13-2-5-15(20(27)10-14-3-4-14)11-19(13)26-23(28)22-9-8-21(29-22)17-12-16(24)6-7-18(17)25;1-14-2-5-17(20(26)12-15-3-4-15)13-19(14)25-23(27)22-11-10-21(30-22)16-6-8-18(9-7-16)31(24,28)29/h3-7,10-12,14,16H,8-9,13H2,1H3,(H,26,28);3-5,8-12,14,17H,6-7,13H2,1-2H3,(H,25,27);2*2,5-9,11-12,14H,3-4,10H2,1H3,(H,26,28);2,5-11,13,15H,3-4,12H2,1H3,(H,25,27)(H2,24,28,29). The SMILES string of the molecule is Cc1ccc(-c2ccc(C(=O)Nc3cc(C(=O)CC4CC4)ccc3C)s2)cc1.Cc1ccc(C(=O)CC2CC2)cc1NC(=O)c1ccc(-c2cc(F)ccc2F)s1.Cc1ccc(C(=O)CC2CC2)cc1NC(=O)c1ccc(-c2ccc(F)c(F)c2)s1.Cc1ccc(C(=O)CC2CC2)cc1NC(=O)c1ccc(-c2ccc(S(N)(=O)=O)cc2)s1.[C-]#[N+]c1ccccc1-c1ccc(C(=O)Nc2cc(C(=O)CC3CC3)ccc2C)s1. The molecule has 0 atom stereocenters. The van der Waals surface area contributed by atoms with Gasteiger partial charge in [-0.2, -0.15) is 0 Å². The second-order valence-corrected chi connectivity index (χ2v) is 44.4. The molecule has 5 amide bonds. The summed E-state index contributed by atoms with van der Waals surface area (Å²) in [4.78, 5) is 136. The fourth-order valence-corrected chi connectivity index (χ4v) is 20.9. The topological polar surface area (TPSA) is 295 Å². The van der Waals surface area contributed by atoms with Gasteiger partial charge in [-0.1, -0.05) is 133 Å². The zero-order valence-corrected chi connectivity index (χ0v) is 85.6. The molecule has 0 spiro atoms. The molecule has 19 nitrogen and oxygen atoms in total. The van der Waals surface area contributed by atoms with Crippen LogP contribution in [0.5, 0.6) is 0 Å². The molecule has 742 valence electrons. The minimum absolute atomic E-state index is 0.0392. The number of sulfonamides is 1. The van der Waals surface area contributed by atoms with Crippen LogP contribution in [0, 0.1) is 101 Å². The van der Waals surface area contributed by atoms with Crippen LogP contribution in [0.1, 0.15) is 230 Å². The third-order valence-corrected chi connectivity index (χ3v) is 32.1. The fourth-order valence-electron chi connectivity index (χ4n) is 15.8. The van der Waals surface area contributed by atoms with Crippen molar-refractivity contribution in [2.75, 3.05) is 26.6 Å². The molecule has 5 aromatic heterocycles. The third kappa shape index (κ3) is 28.2. The zero-order chi connectivity index (χ0) is 103. The van der Waals surface area contributed by atoms with Crippen LogP contribution < -0.4 is 31.7 Å². The van der Waals surface area contributed by atoms with Crippen LogP contribution >= 0.6 is 56.7 Å². The van der Waals surface area contributed by atoms with E-state index in [1.807, 2.05) is 132 Å². The number of benzene rings is 10. The Morgan fingerprint density at radius 3 is 0.897 bits per heavy atom. The molecule has 5 aliphatic rings. The van der Waals surface area contributed by atoms with Gasteiger partial charge in [-0.25, -0.2) is 36.0 Å². The number of ketones is 5. The lowest BCUT2D eigenvalue weighted by Gasteiger charge is -2.10. The molecule has 5 saturated carbocycles. The number of aryl methyl sites for hydroxylation is 6. The van der Waals surface area contributed by atoms with Crippen LogP contribution in [0.15, 0.2) is 266 Å². The largest absolute Gasteiger partial charge is 0.321 e. The number of nitrogens with two attached hydrogens (primary N) is 1. The lowest BCUT2D eigenvalue weighted by atomic mass is 10.0. The van der Waals surface area contributed by atoms with Crippen molar-refractivity contribution in [3.05, 3.63) is 381 Å². The molecule has 15 aromatic rings. The molecule has 10 aromatic carbocycles. The van der Waals surface area contributed by atoms with E-state index in [1.165, 1.54) is 69.1 Å². The highest BCUT2D eigenvalue weighted by molar-refractivity contribution is 7.89. The van der Waals surface area contributed by atoms with E-state index in [2.05, 4.69) is 62.6 Å². The van der Waals surface area contributed by atoms with E-state index in [0.717, 1.165) is 165 Å². The van der Waals surface area contributed by atoms with Crippen molar-refractivity contribution < 1.29 is 73.9 Å². The van der Waals surface area contributed by atoms with Crippen molar-refractivity contribution in [1.29, 1.82) is 0 Å². The van der Waals surface area contributed by atoms with Crippen molar-refractivity contribution in [2.24, 2.45) is 34.7 Å². The number of carbonyl (C=O) groups excluding carboxylic acids is 10. The van der Waals surface area contributed by atoms with E-state index in [-0.39, 0.29) is 68.9 Å². The van der Waals surface area contributed by atoms with E-state index >= 15 is 0 Å². The number of nitrogens with zero attached hydrogens (tertiary/aromatic N) is 1. The summed E-state index contributed by atoms with van der Waals surface area (Å²) in [5.41, 5.74) is 15.9. The first-order valence-corrected chi connectivity index (χ1v) is 53.5. The van der Waals surface area contributed by atoms with Gasteiger partial charge in [0.2, 0.25) is 10.0 Å². The molecule has 0 aliphatic heterocycles. The Balaban J connectivity index is 0.000000131. The number of halogens is 4. The maximum absolute atomic E-state index is 14.0. The summed E-state index contributed by atoms with van der Waals surface area (Å²) >= 11 is 6.40. The van der Waals surface area contributed by atoms with Crippen LogP contribution in [0.25, 0.3) is 57.0 Å². The predicted molar refractivity (Wildman–Crippen MR) is 575 cm³/mol. The van der Waals surface area contributed by atoms with Crippen LogP contribution in [0.2, 0.25) is 0 Å². The number of hydrogen-bond acceptors (Lipinski definition) is 17. The highest BCUT2D eigenvalue weighted by Gasteiger charge is 2.32. The summed E-state index contributed by atoms with van der Waals surface area (Å²) in [5.74, 6) is -0.999. The summed E-state index contributed by atoms with van der Waals surface area (Å²) in [6.07, 6.45) is 14.1. The molecule has 0 saturated heterocycles. The maximum Gasteiger partial charge on any atom is 0.265 e. The molecule has 5 heterocycles. The van der Waals surface area contributed by atoms with Gasteiger partial charge in [-0.3, -0.25) is 47.9 Å². The average molecular weight is 2070 g/mol. The lowest BCUT2D eigenvalue weighted by Crippen LogP contribution is -2.12. The van der Waals surface area contributed by atoms with E-state index in [4.69, 9.17) is 11.7 Å². The maximum atomic E-state index is 14.0. The lowest BCUT2D eigenvalue weighted by molar-refractivity contribution is 0.0968. The normalized spacial score (nSPS) is 13.4. The fraction of sp³-hybridized carbons (Fsp3) is 0.222. The Hall–Kier alpha value is -14.5. The molecule has 7 N–H and O–H groups in total. The van der Waals surface area contributed by atoms with Crippen molar-refractivity contribution >= 4 is 159 Å². The molecule has 146 heavy (non-hydrogen) atoms. The first kappa shape index (κ1) is 104. The molecule has 0 bridgehead atoms. The number of nitrogens with one attached hydrogen (secondary N) is 5. The monoisotopic (exact) mass is 2070 g/mol. The molecule has 0 radical (unpaired) electrons. The van der Waals surface area contributed by atoms with Gasteiger partial charge < -0.3 is 26.6 Å². The second-order valence-electron chi connectivity index (χ2n) is 37.4. The van der Waals surface area contributed by atoms with E-state index in [0.29, 0.717) is 163 Å². The molecular formula is C117H103F4N7O12S6. The molecular weight excluding hydrogens is 1960 g/mol. The Kier molecular flexibility index (Phi) is 33.4.